The number of rotatable bonds is 10. The summed E-state index contributed by atoms with van der Waals surface area (Å²) in [4.78, 5) is 35.4. The van der Waals surface area contributed by atoms with Crippen molar-refractivity contribution in [3.05, 3.63) is 59.4 Å². The van der Waals surface area contributed by atoms with Crippen LogP contribution >= 0.6 is 15.9 Å². The van der Waals surface area contributed by atoms with Gasteiger partial charge in [-0.25, -0.2) is 9.97 Å². The third-order valence-electron chi connectivity index (χ3n) is 6.24. The highest BCUT2D eigenvalue weighted by Gasteiger charge is 2.18. The van der Waals surface area contributed by atoms with E-state index >= 15 is 0 Å². The van der Waals surface area contributed by atoms with Crippen molar-refractivity contribution in [3.63, 3.8) is 0 Å². The average molecular weight is 582 g/mol. The van der Waals surface area contributed by atoms with E-state index in [-0.39, 0.29) is 24.5 Å². The van der Waals surface area contributed by atoms with Crippen LogP contribution in [0.15, 0.2) is 59.4 Å². The highest BCUT2D eigenvalue weighted by Crippen LogP contribution is 2.33. The van der Waals surface area contributed by atoms with Crippen molar-refractivity contribution in [2.75, 3.05) is 37.9 Å². The third-order valence-corrected chi connectivity index (χ3v) is 6.73. The van der Waals surface area contributed by atoms with Gasteiger partial charge in [0, 0.05) is 34.2 Å². The number of nitrogens with one attached hydrogen (secondary N) is 2. The Morgan fingerprint density at radius 2 is 1.97 bits per heavy atom. The van der Waals surface area contributed by atoms with Crippen molar-refractivity contribution in [3.8, 4) is 5.75 Å². The zero-order valence-electron chi connectivity index (χ0n) is 21.6. The Kier molecular flexibility index (Phi) is 9.67. The quantitative estimate of drug-likeness (QED) is 0.240. The molecule has 2 N–H and O–H groups in total. The summed E-state index contributed by atoms with van der Waals surface area (Å²) in [6, 6.07) is 11.3. The van der Waals surface area contributed by atoms with E-state index in [4.69, 9.17) is 9.47 Å². The topological polar surface area (TPSA) is 106 Å². The minimum absolute atomic E-state index is 0.0404. The third kappa shape index (κ3) is 7.75. The summed E-state index contributed by atoms with van der Waals surface area (Å²) in [5.41, 5.74) is 2.02. The van der Waals surface area contributed by atoms with Crippen molar-refractivity contribution in [2.45, 2.75) is 38.2 Å². The number of fused-ring (bicyclic) bond motifs is 1. The Balaban J connectivity index is 1.38. The lowest BCUT2D eigenvalue weighted by Crippen LogP contribution is -2.31. The van der Waals surface area contributed by atoms with Crippen molar-refractivity contribution in [1.82, 2.24) is 14.9 Å². The number of ether oxygens (including phenoxy) is 2. The zero-order chi connectivity index (χ0) is 26.9. The Hall–Kier alpha value is -3.50. The number of benzene rings is 2. The molecular weight excluding hydrogens is 550 g/mol. The maximum Gasteiger partial charge on any atom is 0.320 e. The second-order valence-corrected chi connectivity index (χ2v) is 10.2. The Bertz CT molecular complexity index is 1310. The molecule has 9 nitrogen and oxygen atoms in total. The highest BCUT2D eigenvalue weighted by atomic mass is 79.9. The molecule has 200 valence electrons. The van der Waals surface area contributed by atoms with Crippen molar-refractivity contribution < 1.29 is 19.1 Å². The molecule has 38 heavy (non-hydrogen) atoms. The molecule has 0 saturated heterocycles. The molecule has 1 amide bonds. The molecule has 0 bridgehead atoms. The molecule has 1 aromatic heterocycles. The number of carbonyl (C=O) groups is 2. The van der Waals surface area contributed by atoms with E-state index in [2.05, 4.69) is 36.5 Å². The number of anilines is 3. The van der Waals surface area contributed by atoms with Crippen LogP contribution in [0.3, 0.4) is 0 Å². The minimum atomic E-state index is -0.320. The first-order chi connectivity index (χ1) is 18.4. The summed E-state index contributed by atoms with van der Waals surface area (Å²) >= 11 is 3.47. The van der Waals surface area contributed by atoms with Crippen LogP contribution in [0.5, 0.6) is 5.75 Å². The molecular formula is C28H32BrN5O4. The molecule has 3 aromatic rings. The molecule has 10 heteroatoms. The monoisotopic (exact) mass is 581 g/mol. The normalized spacial score (nSPS) is 14.1. The van der Waals surface area contributed by atoms with Gasteiger partial charge in [-0.3, -0.25) is 14.5 Å². The van der Waals surface area contributed by atoms with Gasteiger partial charge in [-0.2, -0.15) is 0 Å². The number of nitrogens with zero attached hydrogens (tertiary/aromatic N) is 3. The smallest absolute Gasteiger partial charge is 0.320 e. The van der Waals surface area contributed by atoms with Gasteiger partial charge >= 0.3 is 5.97 Å². The lowest BCUT2D eigenvalue weighted by atomic mass is 9.98. The fourth-order valence-corrected chi connectivity index (χ4v) is 4.76. The van der Waals surface area contributed by atoms with E-state index in [0.717, 1.165) is 41.2 Å². The Morgan fingerprint density at radius 1 is 1.16 bits per heavy atom. The second-order valence-electron chi connectivity index (χ2n) is 9.27. The van der Waals surface area contributed by atoms with Crippen LogP contribution in [-0.4, -0.2) is 60.1 Å². The largest absolute Gasteiger partial charge is 0.494 e. The maximum absolute atomic E-state index is 12.7. The van der Waals surface area contributed by atoms with Crippen LogP contribution in [0.25, 0.3) is 10.9 Å². The van der Waals surface area contributed by atoms with E-state index in [1.165, 1.54) is 25.9 Å². The number of hydrogen-bond donors (Lipinski definition) is 2. The van der Waals surface area contributed by atoms with Gasteiger partial charge in [-0.05, 0) is 57.0 Å². The van der Waals surface area contributed by atoms with Gasteiger partial charge in [0.1, 0.15) is 24.0 Å². The van der Waals surface area contributed by atoms with Crippen molar-refractivity contribution in [1.29, 1.82) is 0 Å². The lowest BCUT2D eigenvalue weighted by Gasteiger charge is -2.23. The molecule has 0 aliphatic heterocycles. The van der Waals surface area contributed by atoms with Gasteiger partial charge in [0.25, 0.3) is 0 Å². The number of halogens is 1. The summed E-state index contributed by atoms with van der Waals surface area (Å²) < 4.78 is 12.0. The van der Waals surface area contributed by atoms with Crippen LogP contribution in [0.2, 0.25) is 0 Å². The fraction of sp³-hybridized carbons (Fsp3) is 0.357. The van der Waals surface area contributed by atoms with Crippen LogP contribution in [0.1, 0.15) is 32.1 Å². The molecule has 1 aliphatic carbocycles. The zero-order valence-corrected chi connectivity index (χ0v) is 23.2. The van der Waals surface area contributed by atoms with Crippen LogP contribution in [0, 0.1) is 0 Å². The van der Waals surface area contributed by atoms with Crippen LogP contribution in [0.4, 0.5) is 17.2 Å². The Morgan fingerprint density at radius 3 is 2.74 bits per heavy atom. The van der Waals surface area contributed by atoms with Crippen LogP contribution < -0.4 is 15.4 Å². The van der Waals surface area contributed by atoms with Crippen LogP contribution in [-0.2, 0) is 14.3 Å². The standard InChI is InChI=1S/C28H32BrN5O4/c1-34(17-27(36)38-21-10-4-3-5-11-21)13-7-12-26(35)33-24-15-22-23(16-25(24)37-2)30-18-31-28(22)32-20-9-6-8-19(29)14-20/h6-9,12,14-16,18,21H,3-5,10-11,13,17H2,1-2H3,(H,33,35)(H,30,31,32). The summed E-state index contributed by atoms with van der Waals surface area (Å²) in [6.07, 6.45) is 10.00. The first-order valence-corrected chi connectivity index (χ1v) is 13.4. The predicted molar refractivity (Wildman–Crippen MR) is 152 cm³/mol. The maximum atomic E-state index is 12.7. The summed E-state index contributed by atoms with van der Waals surface area (Å²) in [5.74, 6) is 0.532. The van der Waals surface area contributed by atoms with E-state index in [0.29, 0.717) is 29.3 Å². The van der Waals surface area contributed by atoms with Crippen molar-refractivity contribution >= 4 is 55.9 Å². The van der Waals surface area contributed by atoms with Gasteiger partial charge in [-0.15, -0.1) is 0 Å². The van der Waals surface area contributed by atoms with Gasteiger partial charge < -0.3 is 20.1 Å². The lowest BCUT2D eigenvalue weighted by molar-refractivity contribution is -0.151. The summed E-state index contributed by atoms with van der Waals surface area (Å²) in [6.45, 7) is 0.602. The number of hydrogen-bond acceptors (Lipinski definition) is 8. The van der Waals surface area contributed by atoms with E-state index in [1.807, 2.05) is 36.2 Å². The molecule has 0 radical (unpaired) electrons. The van der Waals surface area contributed by atoms with Gasteiger partial charge in [-0.1, -0.05) is 34.5 Å². The second kappa shape index (κ2) is 13.3. The number of amides is 1. The number of esters is 1. The molecule has 0 atom stereocenters. The molecule has 2 aromatic carbocycles. The summed E-state index contributed by atoms with van der Waals surface area (Å²) in [5, 5.41) is 6.90. The first kappa shape index (κ1) is 27.5. The average Bonchev–Trinajstić information content (AvgIpc) is 2.89. The first-order valence-electron chi connectivity index (χ1n) is 12.6. The van der Waals surface area contributed by atoms with Gasteiger partial charge in [0.2, 0.25) is 5.91 Å². The minimum Gasteiger partial charge on any atom is -0.494 e. The molecule has 4 rings (SSSR count). The molecule has 1 saturated carbocycles. The molecule has 0 unspecified atom stereocenters. The summed E-state index contributed by atoms with van der Waals surface area (Å²) in [7, 11) is 3.35. The Labute approximate surface area is 230 Å². The molecule has 1 fully saturated rings. The number of likely N-dealkylation sites (N-methyl/N-ethyl adjacent to an activating group) is 1. The molecule has 1 heterocycles. The SMILES string of the molecule is COc1cc2ncnc(Nc3cccc(Br)c3)c2cc1NC(=O)C=CCN(C)CC(=O)OC1CCCCC1. The number of aromatic nitrogens is 2. The predicted octanol–water partition coefficient (Wildman–Crippen LogP) is 5.45. The van der Waals surface area contributed by atoms with Crippen molar-refractivity contribution in [2.24, 2.45) is 0 Å². The molecule has 1 aliphatic rings. The van der Waals surface area contributed by atoms with E-state index in [9.17, 15) is 9.59 Å². The number of carbonyl (C=O) groups excluding carboxylic acids is 2. The van der Waals surface area contributed by atoms with Gasteiger partial charge in [0.05, 0.1) is 24.9 Å². The van der Waals surface area contributed by atoms with Gasteiger partial charge in [0.15, 0.2) is 0 Å². The number of methoxy groups -OCH3 is 1. The van der Waals surface area contributed by atoms with E-state index in [1.54, 1.807) is 18.2 Å². The highest BCUT2D eigenvalue weighted by molar-refractivity contribution is 9.10. The molecule has 0 spiro atoms. The van der Waals surface area contributed by atoms with E-state index < -0.39 is 0 Å². The fourth-order valence-electron chi connectivity index (χ4n) is 4.36.